The number of dihydropyridines is 1. The number of carbonyl (C=O) groups excluding carboxylic acids is 2. The van der Waals surface area contributed by atoms with Crippen molar-refractivity contribution < 1.29 is 23.7 Å². The van der Waals surface area contributed by atoms with Gasteiger partial charge in [-0.1, -0.05) is 36.4 Å². The zero-order valence-electron chi connectivity index (χ0n) is 17.7. The summed E-state index contributed by atoms with van der Waals surface area (Å²) in [7, 11) is 1.28. The first-order valence-electron chi connectivity index (χ1n) is 10.2. The number of benzene rings is 2. The average Bonchev–Trinajstić information content (AvgIpc) is 3.42. The van der Waals surface area contributed by atoms with Gasteiger partial charge >= 0.3 is 5.97 Å². The maximum atomic E-state index is 13.4. The van der Waals surface area contributed by atoms with Crippen LogP contribution >= 0.6 is 0 Å². The van der Waals surface area contributed by atoms with Crippen molar-refractivity contribution in [3.05, 3.63) is 105 Å². The molecule has 5 rings (SSSR count). The van der Waals surface area contributed by atoms with E-state index in [4.69, 9.17) is 9.15 Å². The number of ketones is 1. The molecular formula is C25H18N2O6. The number of ether oxygens (including phenoxy) is 1. The van der Waals surface area contributed by atoms with Crippen LogP contribution in [-0.2, 0) is 9.53 Å². The van der Waals surface area contributed by atoms with Crippen molar-refractivity contribution in [1.29, 1.82) is 0 Å². The fourth-order valence-corrected chi connectivity index (χ4v) is 4.43. The van der Waals surface area contributed by atoms with E-state index in [1.807, 2.05) is 12.1 Å². The zero-order chi connectivity index (χ0) is 23.3. The Morgan fingerprint density at radius 2 is 1.85 bits per heavy atom. The summed E-state index contributed by atoms with van der Waals surface area (Å²) in [6, 6.07) is 16.7. The number of nitro benzene ring substituents is 1. The van der Waals surface area contributed by atoms with E-state index in [1.54, 1.807) is 43.3 Å². The molecule has 0 fully saturated rings. The van der Waals surface area contributed by atoms with Crippen molar-refractivity contribution in [3.63, 3.8) is 0 Å². The summed E-state index contributed by atoms with van der Waals surface area (Å²) in [5.74, 6) is -0.805. The van der Waals surface area contributed by atoms with Crippen molar-refractivity contribution >= 4 is 23.1 Å². The summed E-state index contributed by atoms with van der Waals surface area (Å²) in [6.07, 6.45) is 0. The molecule has 0 saturated heterocycles. The summed E-state index contributed by atoms with van der Waals surface area (Å²) >= 11 is 0. The van der Waals surface area contributed by atoms with Gasteiger partial charge in [-0.3, -0.25) is 14.9 Å². The molecule has 3 aromatic rings. The lowest BCUT2D eigenvalue weighted by Gasteiger charge is -2.27. The van der Waals surface area contributed by atoms with Crippen LogP contribution in [0.15, 0.2) is 81.9 Å². The molecule has 0 radical (unpaired) electrons. The van der Waals surface area contributed by atoms with E-state index < -0.39 is 16.8 Å². The molecule has 0 spiro atoms. The monoisotopic (exact) mass is 442 g/mol. The highest BCUT2D eigenvalue weighted by Crippen LogP contribution is 2.47. The average molecular weight is 442 g/mol. The van der Waals surface area contributed by atoms with Gasteiger partial charge in [0.15, 0.2) is 5.78 Å². The topological polar surface area (TPSA) is 112 Å². The predicted octanol–water partition coefficient (Wildman–Crippen LogP) is 4.60. The summed E-state index contributed by atoms with van der Waals surface area (Å²) in [6.45, 7) is 1.75. The largest absolute Gasteiger partial charge is 0.466 e. The number of esters is 1. The van der Waals surface area contributed by atoms with Crippen LogP contribution in [0.5, 0.6) is 0 Å². The lowest BCUT2D eigenvalue weighted by Crippen LogP contribution is -2.28. The molecule has 2 heterocycles. The molecule has 164 valence electrons. The Bertz CT molecular complexity index is 1410. The number of non-ortho nitro benzene ring substituents is 1. The SMILES string of the molecule is COC(=O)C1=C(C)NC2=C(C(=O)c3ccccc32)[C@@H]1c1ccc(-c2cccc([N+](=O)[O-])c2)o1. The molecular weight excluding hydrogens is 424 g/mol. The summed E-state index contributed by atoms with van der Waals surface area (Å²) < 4.78 is 11.1. The van der Waals surface area contributed by atoms with Gasteiger partial charge in [0.05, 0.1) is 29.2 Å². The third-order valence-electron chi connectivity index (χ3n) is 5.91. The fourth-order valence-electron chi connectivity index (χ4n) is 4.43. The number of carbonyl (C=O) groups is 2. The molecule has 0 unspecified atom stereocenters. The van der Waals surface area contributed by atoms with Crippen molar-refractivity contribution in [2.45, 2.75) is 12.8 Å². The van der Waals surface area contributed by atoms with Gasteiger partial charge in [0.2, 0.25) is 0 Å². The molecule has 2 aromatic carbocycles. The molecule has 1 atom stereocenters. The van der Waals surface area contributed by atoms with Gasteiger partial charge in [0.25, 0.3) is 5.69 Å². The first-order valence-corrected chi connectivity index (χ1v) is 10.2. The van der Waals surface area contributed by atoms with Crippen molar-refractivity contribution in [2.24, 2.45) is 0 Å². The van der Waals surface area contributed by atoms with Crippen molar-refractivity contribution in [1.82, 2.24) is 5.32 Å². The predicted molar refractivity (Wildman–Crippen MR) is 119 cm³/mol. The second-order valence-corrected chi connectivity index (χ2v) is 7.76. The smallest absolute Gasteiger partial charge is 0.336 e. The third-order valence-corrected chi connectivity index (χ3v) is 5.91. The van der Waals surface area contributed by atoms with Crippen LogP contribution < -0.4 is 5.32 Å². The van der Waals surface area contributed by atoms with Gasteiger partial charge in [-0.05, 0) is 19.1 Å². The number of furan rings is 1. The minimum atomic E-state index is -0.791. The highest BCUT2D eigenvalue weighted by molar-refractivity contribution is 6.23. The van der Waals surface area contributed by atoms with Gasteiger partial charge in [-0.25, -0.2) is 4.79 Å². The van der Waals surface area contributed by atoms with E-state index in [2.05, 4.69) is 5.32 Å². The molecule has 1 aliphatic carbocycles. The van der Waals surface area contributed by atoms with Gasteiger partial charge in [0.1, 0.15) is 11.5 Å². The van der Waals surface area contributed by atoms with E-state index in [1.165, 1.54) is 19.2 Å². The molecule has 0 amide bonds. The first kappa shape index (κ1) is 20.4. The molecule has 2 aliphatic rings. The number of nitrogens with one attached hydrogen (secondary N) is 1. The summed E-state index contributed by atoms with van der Waals surface area (Å²) in [5.41, 5.74) is 3.63. The van der Waals surface area contributed by atoms with E-state index in [9.17, 15) is 19.7 Å². The van der Waals surface area contributed by atoms with Gasteiger partial charge in [0, 0.05) is 40.1 Å². The van der Waals surface area contributed by atoms with Crippen molar-refractivity contribution in [3.8, 4) is 11.3 Å². The zero-order valence-corrected chi connectivity index (χ0v) is 17.7. The maximum Gasteiger partial charge on any atom is 0.336 e. The fraction of sp³-hybridized carbons (Fsp3) is 0.120. The van der Waals surface area contributed by atoms with Crippen LogP contribution in [0, 0.1) is 10.1 Å². The van der Waals surface area contributed by atoms with Crippen LogP contribution in [0.3, 0.4) is 0 Å². The van der Waals surface area contributed by atoms with Gasteiger partial charge in [-0.15, -0.1) is 0 Å². The second kappa shape index (κ2) is 7.59. The highest BCUT2D eigenvalue weighted by atomic mass is 16.6. The van der Waals surface area contributed by atoms with Gasteiger partial charge in [-0.2, -0.15) is 0 Å². The van der Waals surface area contributed by atoms with Crippen LogP contribution in [0.25, 0.3) is 17.0 Å². The number of allylic oxidation sites excluding steroid dienone is 2. The van der Waals surface area contributed by atoms with E-state index in [-0.39, 0.29) is 17.0 Å². The molecule has 0 bridgehead atoms. The number of nitro groups is 1. The molecule has 33 heavy (non-hydrogen) atoms. The quantitative estimate of drug-likeness (QED) is 0.357. The number of rotatable bonds is 4. The lowest BCUT2D eigenvalue weighted by molar-refractivity contribution is -0.384. The van der Waals surface area contributed by atoms with Crippen molar-refractivity contribution in [2.75, 3.05) is 7.11 Å². The minimum Gasteiger partial charge on any atom is -0.466 e. The van der Waals surface area contributed by atoms with Gasteiger partial charge < -0.3 is 14.5 Å². The Morgan fingerprint density at radius 3 is 2.58 bits per heavy atom. The van der Waals surface area contributed by atoms with E-state index >= 15 is 0 Å². The Labute approximate surface area is 188 Å². The molecule has 1 aliphatic heterocycles. The Morgan fingerprint density at radius 1 is 1.09 bits per heavy atom. The number of hydrogen-bond donors (Lipinski definition) is 1. The Hall–Kier alpha value is -4.46. The molecule has 0 saturated carbocycles. The van der Waals surface area contributed by atoms with Crippen LogP contribution in [0.1, 0.15) is 34.5 Å². The number of hydrogen-bond acceptors (Lipinski definition) is 7. The van der Waals surface area contributed by atoms with E-state index in [0.717, 1.165) is 5.56 Å². The molecule has 8 nitrogen and oxygen atoms in total. The third kappa shape index (κ3) is 3.15. The Balaban J connectivity index is 1.66. The minimum absolute atomic E-state index is 0.0651. The Kier molecular flexibility index (Phi) is 4.70. The second-order valence-electron chi connectivity index (χ2n) is 7.76. The summed E-state index contributed by atoms with van der Waals surface area (Å²) in [5, 5.41) is 14.4. The standard InChI is InChI=1S/C25H18N2O6/c1-13-20(25(29)32-2)21(22-23(26-13)16-8-3-4-9-17(16)24(22)28)19-11-10-18(33-19)14-6-5-7-15(12-14)27(30)31/h3-12,21,26H,1-2H3/t21-/m1/s1. The number of nitrogens with zero attached hydrogens (tertiary/aromatic N) is 1. The summed E-state index contributed by atoms with van der Waals surface area (Å²) in [4.78, 5) is 36.8. The molecule has 1 N–H and O–H groups in total. The number of Topliss-reactive ketones (excluding diaryl/α,β-unsaturated/α-hetero) is 1. The van der Waals surface area contributed by atoms with Crippen LogP contribution in [0.2, 0.25) is 0 Å². The normalized spacial score (nSPS) is 16.9. The lowest BCUT2D eigenvalue weighted by atomic mass is 9.83. The van der Waals surface area contributed by atoms with E-state index in [0.29, 0.717) is 39.6 Å². The maximum absolute atomic E-state index is 13.4. The highest BCUT2D eigenvalue weighted by Gasteiger charge is 2.44. The molecule has 1 aromatic heterocycles. The number of fused-ring (bicyclic) bond motifs is 2. The molecule has 8 heteroatoms. The van der Waals surface area contributed by atoms with Crippen LogP contribution in [-0.4, -0.2) is 23.8 Å². The first-order chi connectivity index (χ1) is 15.9. The number of methoxy groups -OCH3 is 1. The van der Waals surface area contributed by atoms with Crippen LogP contribution in [0.4, 0.5) is 5.69 Å².